The second-order valence-electron chi connectivity index (χ2n) is 3.73. The lowest BCUT2D eigenvalue weighted by Crippen LogP contribution is -2.15. The van der Waals surface area contributed by atoms with Crippen LogP contribution in [0.25, 0.3) is 10.9 Å². The maximum absolute atomic E-state index is 9.28. The van der Waals surface area contributed by atoms with Gasteiger partial charge in [0.1, 0.15) is 0 Å². The molecule has 0 amide bonds. The van der Waals surface area contributed by atoms with Gasteiger partial charge in [-0.05, 0) is 28.9 Å². The number of nitrogens with one attached hydrogen (secondary N) is 1. The minimum absolute atomic E-state index is 0.376. The fourth-order valence-corrected chi connectivity index (χ4v) is 2.00. The highest BCUT2D eigenvalue weighted by Crippen LogP contribution is 2.29. The third-order valence-electron chi connectivity index (χ3n) is 2.30. The summed E-state index contributed by atoms with van der Waals surface area (Å²) in [5, 5.41) is 13.6. The number of hydrogen-bond donors (Lipinski definition) is 2. The Morgan fingerprint density at radius 3 is 2.94 bits per heavy atom. The van der Waals surface area contributed by atoms with E-state index < -0.39 is 0 Å². The van der Waals surface area contributed by atoms with Gasteiger partial charge in [-0.2, -0.15) is 0 Å². The van der Waals surface area contributed by atoms with Crippen molar-refractivity contribution in [1.82, 2.24) is 4.98 Å². The topological polar surface area (TPSA) is 45.1 Å². The zero-order valence-corrected chi connectivity index (χ0v) is 10.5. The molecule has 2 rings (SSSR count). The van der Waals surface area contributed by atoms with Gasteiger partial charge in [0.25, 0.3) is 0 Å². The number of rotatable bonds is 3. The van der Waals surface area contributed by atoms with Crippen LogP contribution in [0.1, 0.15) is 6.92 Å². The van der Waals surface area contributed by atoms with Crippen molar-refractivity contribution in [2.75, 3.05) is 11.9 Å². The number of hydrogen-bond acceptors (Lipinski definition) is 3. The Morgan fingerprint density at radius 2 is 2.19 bits per heavy atom. The van der Waals surface area contributed by atoms with Gasteiger partial charge in [0.05, 0.1) is 21.8 Å². The second kappa shape index (κ2) is 4.80. The van der Waals surface area contributed by atoms with Crippen LogP contribution in [0, 0.1) is 0 Å². The smallest absolute Gasteiger partial charge is 0.0723 e. The molecular formula is C12H13BrN2O. The van der Waals surface area contributed by atoms with Gasteiger partial charge in [-0.3, -0.25) is 4.98 Å². The molecule has 0 saturated heterocycles. The Labute approximate surface area is 103 Å². The standard InChI is InChI=1S/C12H13BrN2O/c1-8(16)6-15-12-9-4-2-3-5-11(9)14-7-10(12)13/h2-5,7-8,16H,6H2,1H3,(H,14,15). The molecule has 0 saturated carbocycles. The van der Waals surface area contributed by atoms with Crippen LogP contribution in [0.15, 0.2) is 34.9 Å². The number of anilines is 1. The molecule has 3 nitrogen and oxygen atoms in total. The summed E-state index contributed by atoms with van der Waals surface area (Å²) in [5.74, 6) is 0. The molecule has 84 valence electrons. The summed E-state index contributed by atoms with van der Waals surface area (Å²) in [6, 6.07) is 7.92. The first-order chi connectivity index (χ1) is 7.68. The van der Waals surface area contributed by atoms with Crippen LogP contribution in [0.4, 0.5) is 5.69 Å². The lowest BCUT2D eigenvalue weighted by molar-refractivity contribution is 0.208. The molecule has 2 N–H and O–H groups in total. The first kappa shape index (κ1) is 11.4. The van der Waals surface area contributed by atoms with E-state index in [0.29, 0.717) is 6.54 Å². The van der Waals surface area contributed by atoms with Crippen molar-refractivity contribution >= 4 is 32.5 Å². The van der Waals surface area contributed by atoms with Crippen LogP contribution < -0.4 is 5.32 Å². The van der Waals surface area contributed by atoms with Gasteiger partial charge in [-0.25, -0.2) is 0 Å². The molecule has 0 aliphatic heterocycles. The quantitative estimate of drug-likeness (QED) is 0.909. The van der Waals surface area contributed by atoms with Crippen molar-refractivity contribution in [2.45, 2.75) is 13.0 Å². The largest absolute Gasteiger partial charge is 0.392 e. The molecular weight excluding hydrogens is 268 g/mol. The van der Waals surface area contributed by atoms with E-state index in [9.17, 15) is 5.11 Å². The molecule has 1 aromatic heterocycles. The van der Waals surface area contributed by atoms with Gasteiger partial charge < -0.3 is 10.4 Å². The van der Waals surface area contributed by atoms with Crippen molar-refractivity contribution in [3.63, 3.8) is 0 Å². The summed E-state index contributed by atoms with van der Waals surface area (Å²) in [7, 11) is 0. The number of aliphatic hydroxyl groups excluding tert-OH is 1. The Morgan fingerprint density at radius 1 is 1.44 bits per heavy atom. The van der Waals surface area contributed by atoms with E-state index in [-0.39, 0.29) is 6.10 Å². The molecule has 0 aliphatic carbocycles. The number of aromatic nitrogens is 1. The molecule has 1 atom stereocenters. The molecule has 0 radical (unpaired) electrons. The third kappa shape index (κ3) is 2.33. The molecule has 1 aromatic carbocycles. The normalized spacial score (nSPS) is 12.7. The Bertz CT molecular complexity index is 499. The van der Waals surface area contributed by atoms with E-state index >= 15 is 0 Å². The summed E-state index contributed by atoms with van der Waals surface area (Å²) in [5.41, 5.74) is 1.92. The molecule has 1 heterocycles. The van der Waals surface area contributed by atoms with Gasteiger partial charge >= 0.3 is 0 Å². The zero-order chi connectivity index (χ0) is 11.5. The number of aliphatic hydroxyl groups is 1. The highest BCUT2D eigenvalue weighted by atomic mass is 79.9. The van der Waals surface area contributed by atoms with Gasteiger partial charge in [0.15, 0.2) is 0 Å². The summed E-state index contributed by atoms with van der Waals surface area (Å²) in [6.07, 6.45) is 1.39. The molecule has 0 aliphatic rings. The zero-order valence-electron chi connectivity index (χ0n) is 8.94. The second-order valence-corrected chi connectivity index (χ2v) is 4.58. The molecule has 0 bridgehead atoms. The minimum Gasteiger partial charge on any atom is -0.392 e. The van der Waals surface area contributed by atoms with E-state index in [4.69, 9.17) is 0 Å². The fraction of sp³-hybridized carbons (Fsp3) is 0.250. The summed E-state index contributed by atoms with van der Waals surface area (Å²) >= 11 is 3.46. The summed E-state index contributed by atoms with van der Waals surface area (Å²) in [6.45, 7) is 2.27. The van der Waals surface area contributed by atoms with Gasteiger partial charge in [-0.15, -0.1) is 0 Å². The Hall–Kier alpha value is -1.13. The van der Waals surface area contributed by atoms with Crippen LogP contribution in [-0.2, 0) is 0 Å². The maximum Gasteiger partial charge on any atom is 0.0723 e. The first-order valence-corrected chi connectivity index (χ1v) is 5.93. The van der Waals surface area contributed by atoms with E-state index in [1.54, 1.807) is 13.1 Å². The number of halogens is 1. The molecule has 16 heavy (non-hydrogen) atoms. The van der Waals surface area contributed by atoms with Crippen LogP contribution in [-0.4, -0.2) is 22.7 Å². The lowest BCUT2D eigenvalue weighted by Gasteiger charge is -2.12. The Kier molecular flexibility index (Phi) is 3.41. The number of para-hydroxylation sites is 1. The SMILES string of the molecule is CC(O)CNc1c(Br)cnc2ccccc12. The number of nitrogens with zero attached hydrogens (tertiary/aromatic N) is 1. The van der Waals surface area contributed by atoms with Gasteiger partial charge in [0, 0.05) is 18.1 Å². The van der Waals surface area contributed by atoms with Crippen molar-refractivity contribution in [3.05, 3.63) is 34.9 Å². The maximum atomic E-state index is 9.28. The van der Waals surface area contributed by atoms with E-state index in [2.05, 4.69) is 26.2 Å². The van der Waals surface area contributed by atoms with Crippen molar-refractivity contribution in [3.8, 4) is 0 Å². The minimum atomic E-state index is -0.376. The molecule has 4 heteroatoms. The van der Waals surface area contributed by atoms with Crippen molar-refractivity contribution < 1.29 is 5.11 Å². The molecule has 1 unspecified atom stereocenters. The number of pyridine rings is 1. The van der Waals surface area contributed by atoms with Crippen LogP contribution >= 0.6 is 15.9 Å². The van der Waals surface area contributed by atoms with Crippen LogP contribution in [0.3, 0.4) is 0 Å². The number of benzene rings is 1. The van der Waals surface area contributed by atoms with E-state index in [1.165, 1.54) is 0 Å². The third-order valence-corrected chi connectivity index (χ3v) is 2.90. The highest BCUT2D eigenvalue weighted by molar-refractivity contribution is 9.10. The van der Waals surface area contributed by atoms with Crippen LogP contribution in [0.2, 0.25) is 0 Å². The predicted molar refractivity (Wildman–Crippen MR) is 69.6 cm³/mol. The molecule has 0 fully saturated rings. The van der Waals surface area contributed by atoms with Crippen molar-refractivity contribution in [2.24, 2.45) is 0 Å². The summed E-state index contributed by atoms with van der Waals surface area (Å²) < 4.78 is 0.909. The van der Waals surface area contributed by atoms with Gasteiger partial charge in [0.2, 0.25) is 0 Å². The van der Waals surface area contributed by atoms with Crippen LogP contribution in [0.5, 0.6) is 0 Å². The Balaban J connectivity index is 2.44. The van der Waals surface area contributed by atoms with E-state index in [0.717, 1.165) is 21.1 Å². The van der Waals surface area contributed by atoms with Gasteiger partial charge in [-0.1, -0.05) is 18.2 Å². The van der Waals surface area contributed by atoms with E-state index in [1.807, 2.05) is 24.3 Å². The molecule has 2 aromatic rings. The van der Waals surface area contributed by atoms with Crippen molar-refractivity contribution in [1.29, 1.82) is 0 Å². The molecule has 0 spiro atoms. The summed E-state index contributed by atoms with van der Waals surface area (Å²) in [4.78, 5) is 4.32. The average molecular weight is 281 g/mol. The lowest BCUT2D eigenvalue weighted by atomic mass is 10.2. The first-order valence-electron chi connectivity index (χ1n) is 5.13. The fourth-order valence-electron chi connectivity index (χ4n) is 1.55. The highest BCUT2D eigenvalue weighted by Gasteiger charge is 2.06. The average Bonchev–Trinajstić information content (AvgIpc) is 2.27. The monoisotopic (exact) mass is 280 g/mol. The number of fused-ring (bicyclic) bond motifs is 1. The predicted octanol–water partition coefficient (Wildman–Crippen LogP) is 2.79.